The number of carbonyl (C=O) groups excluding carboxylic acids is 1. The molecule has 2 aromatic rings. The second-order valence-electron chi connectivity index (χ2n) is 4.01. The van der Waals surface area contributed by atoms with E-state index in [9.17, 15) is 14.9 Å². The first-order chi connectivity index (χ1) is 10.1. The van der Waals surface area contributed by atoms with Gasteiger partial charge in [0.05, 0.1) is 17.6 Å². The monoisotopic (exact) mass is 323 g/mol. The highest BCUT2D eigenvalue weighted by Gasteiger charge is 2.08. The largest absolute Gasteiger partial charge is 0.273 e. The maximum absolute atomic E-state index is 11.6. The minimum atomic E-state index is -0.525. The molecular weight excluding hydrogens is 314 g/mol. The molecule has 0 aliphatic carbocycles. The van der Waals surface area contributed by atoms with Gasteiger partial charge in [0.25, 0.3) is 5.69 Å². The third-order valence-corrected chi connectivity index (χ3v) is 3.72. The molecule has 1 amide bonds. The molecule has 1 aromatic carbocycles. The van der Waals surface area contributed by atoms with Crippen LogP contribution in [0.3, 0.4) is 0 Å². The number of hydrogen-bond acceptors (Lipinski definition) is 5. The summed E-state index contributed by atoms with van der Waals surface area (Å²) in [5.74, 6) is -0.268. The molecule has 1 heterocycles. The van der Waals surface area contributed by atoms with E-state index < -0.39 is 4.92 Å². The molecule has 0 spiro atoms. The van der Waals surface area contributed by atoms with E-state index in [4.69, 9.17) is 11.6 Å². The van der Waals surface area contributed by atoms with Crippen molar-refractivity contribution in [3.05, 3.63) is 61.3 Å². The van der Waals surface area contributed by atoms with Gasteiger partial charge in [0.15, 0.2) is 0 Å². The fourth-order valence-corrected chi connectivity index (χ4v) is 2.40. The highest BCUT2D eigenvalue weighted by Crippen LogP contribution is 2.20. The number of amides is 1. The number of nitro benzene ring substituents is 1. The molecule has 0 saturated carbocycles. The van der Waals surface area contributed by atoms with Gasteiger partial charge in [-0.2, -0.15) is 5.10 Å². The Kier molecular flexibility index (Phi) is 5.02. The van der Waals surface area contributed by atoms with Crippen molar-refractivity contribution in [1.29, 1.82) is 0 Å². The minimum absolute atomic E-state index is 0.0919. The summed E-state index contributed by atoms with van der Waals surface area (Å²) in [6.07, 6.45) is 1.51. The molecule has 6 nitrogen and oxygen atoms in total. The van der Waals surface area contributed by atoms with Crippen LogP contribution in [0.5, 0.6) is 0 Å². The maximum Gasteiger partial charge on any atom is 0.270 e. The van der Waals surface area contributed by atoms with E-state index >= 15 is 0 Å². The highest BCUT2D eigenvalue weighted by molar-refractivity contribution is 7.10. The van der Waals surface area contributed by atoms with Crippen molar-refractivity contribution < 1.29 is 9.72 Å². The molecule has 2 rings (SSSR count). The van der Waals surface area contributed by atoms with Crippen molar-refractivity contribution in [2.75, 3.05) is 0 Å². The molecule has 1 N–H and O–H groups in total. The number of nitrogens with zero attached hydrogens (tertiary/aromatic N) is 2. The third kappa shape index (κ3) is 4.37. The van der Waals surface area contributed by atoms with Crippen molar-refractivity contribution in [1.82, 2.24) is 5.43 Å². The number of hydrogen-bond donors (Lipinski definition) is 1. The molecule has 0 aliphatic heterocycles. The Hall–Kier alpha value is -2.25. The Balaban J connectivity index is 1.99. The second kappa shape index (κ2) is 6.96. The average molecular weight is 324 g/mol. The predicted octanol–water partition coefficient (Wildman–Crippen LogP) is 3.00. The zero-order valence-electron chi connectivity index (χ0n) is 10.7. The number of halogens is 1. The third-order valence-electron chi connectivity index (χ3n) is 2.50. The SMILES string of the molecule is O=C(Cc1cccs1)NN=Cc1cc([N+](=O)[O-])ccc1Cl. The number of nitro groups is 1. The van der Waals surface area contributed by atoms with Crippen molar-refractivity contribution in [3.63, 3.8) is 0 Å². The van der Waals surface area contributed by atoms with Crippen LogP contribution >= 0.6 is 22.9 Å². The predicted molar refractivity (Wildman–Crippen MR) is 81.9 cm³/mol. The van der Waals surface area contributed by atoms with Gasteiger partial charge in [0.2, 0.25) is 5.91 Å². The van der Waals surface area contributed by atoms with Crippen LogP contribution in [-0.2, 0) is 11.2 Å². The summed E-state index contributed by atoms with van der Waals surface area (Å²) >= 11 is 7.39. The topological polar surface area (TPSA) is 84.6 Å². The van der Waals surface area contributed by atoms with E-state index in [1.54, 1.807) is 0 Å². The molecule has 0 radical (unpaired) electrons. The summed E-state index contributed by atoms with van der Waals surface area (Å²) in [6, 6.07) is 7.71. The number of non-ortho nitro benzene ring substituents is 1. The Labute approximate surface area is 129 Å². The normalized spacial score (nSPS) is 10.7. The van der Waals surface area contributed by atoms with E-state index in [1.807, 2.05) is 17.5 Å². The maximum atomic E-state index is 11.6. The summed E-state index contributed by atoms with van der Waals surface area (Å²) in [6.45, 7) is 0. The summed E-state index contributed by atoms with van der Waals surface area (Å²) in [5, 5.41) is 16.6. The molecule has 21 heavy (non-hydrogen) atoms. The van der Waals surface area contributed by atoms with Crippen LogP contribution in [0.4, 0.5) is 5.69 Å². The van der Waals surface area contributed by atoms with Gasteiger partial charge in [-0.15, -0.1) is 11.3 Å². The molecule has 0 atom stereocenters. The molecule has 108 valence electrons. The first-order valence-corrected chi connectivity index (χ1v) is 7.10. The quantitative estimate of drug-likeness (QED) is 0.521. The average Bonchev–Trinajstić information content (AvgIpc) is 2.93. The lowest BCUT2D eigenvalue weighted by Gasteiger charge is -1.99. The Bertz CT molecular complexity index is 686. The zero-order valence-corrected chi connectivity index (χ0v) is 12.2. The molecule has 0 fully saturated rings. The number of benzene rings is 1. The van der Waals surface area contributed by atoms with Crippen LogP contribution in [0.15, 0.2) is 40.8 Å². The lowest BCUT2D eigenvalue weighted by molar-refractivity contribution is -0.384. The molecule has 0 bridgehead atoms. The van der Waals surface area contributed by atoms with Crippen LogP contribution in [0, 0.1) is 10.1 Å². The Morgan fingerprint density at radius 3 is 2.95 bits per heavy atom. The van der Waals surface area contributed by atoms with E-state index in [0.29, 0.717) is 10.6 Å². The van der Waals surface area contributed by atoms with Crippen molar-refractivity contribution in [2.24, 2.45) is 5.10 Å². The van der Waals surface area contributed by atoms with Crippen LogP contribution < -0.4 is 5.43 Å². The summed E-state index contributed by atoms with van der Waals surface area (Å²) in [7, 11) is 0. The van der Waals surface area contributed by atoms with E-state index in [1.165, 1.54) is 35.8 Å². The number of rotatable bonds is 5. The molecule has 8 heteroatoms. The zero-order chi connectivity index (χ0) is 15.2. The Morgan fingerprint density at radius 1 is 1.48 bits per heavy atom. The van der Waals surface area contributed by atoms with Crippen molar-refractivity contribution in [3.8, 4) is 0 Å². The Morgan fingerprint density at radius 2 is 2.29 bits per heavy atom. The van der Waals surface area contributed by atoms with Gasteiger partial charge < -0.3 is 0 Å². The lowest BCUT2D eigenvalue weighted by Crippen LogP contribution is -2.19. The number of nitrogens with one attached hydrogen (secondary N) is 1. The van der Waals surface area contributed by atoms with Gasteiger partial charge in [-0.3, -0.25) is 14.9 Å². The van der Waals surface area contributed by atoms with Gasteiger partial charge in [0.1, 0.15) is 0 Å². The van der Waals surface area contributed by atoms with Crippen LogP contribution in [-0.4, -0.2) is 17.0 Å². The summed E-state index contributed by atoms with van der Waals surface area (Å²) in [5.41, 5.74) is 2.63. The van der Waals surface area contributed by atoms with E-state index in [0.717, 1.165) is 4.88 Å². The molecule has 0 aliphatic rings. The fourth-order valence-electron chi connectivity index (χ4n) is 1.53. The van der Waals surface area contributed by atoms with Gasteiger partial charge in [-0.05, 0) is 17.5 Å². The van der Waals surface area contributed by atoms with Gasteiger partial charge in [-0.25, -0.2) is 5.43 Å². The second-order valence-corrected chi connectivity index (χ2v) is 5.45. The highest BCUT2D eigenvalue weighted by atomic mass is 35.5. The molecule has 0 unspecified atom stereocenters. The summed E-state index contributed by atoms with van der Waals surface area (Å²) < 4.78 is 0. The van der Waals surface area contributed by atoms with Crippen LogP contribution in [0.1, 0.15) is 10.4 Å². The van der Waals surface area contributed by atoms with E-state index in [-0.39, 0.29) is 18.0 Å². The van der Waals surface area contributed by atoms with Crippen LogP contribution in [0.2, 0.25) is 5.02 Å². The van der Waals surface area contributed by atoms with Gasteiger partial charge >= 0.3 is 0 Å². The van der Waals surface area contributed by atoms with Crippen LogP contribution in [0.25, 0.3) is 0 Å². The smallest absolute Gasteiger partial charge is 0.270 e. The summed E-state index contributed by atoms with van der Waals surface area (Å²) in [4.78, 5) is 22.7. The molecule has 0 saturated heterocycles. The minimum Gasteiger partial charge on any atom is -0.273 e. The van der Waals surface area contributed by atoms with Crippen molar-refractivity contribution in [2.45, 2.75) is 6.42 Å². The van der Waals surface area contributed by atoms with Gasteiger partial charge in [0, 0.05) is 27.6 Å². The number of carbonyl (C=O) groups is 1. The fraction of sp³-hybridized carbons (Fsp3) is 0.0769. The molecular formula is C13H10ClN3O3S. The van der Waals surface area contributed by atoms with Crippen molar-refractivity contribution >= 4 is 40.7 Å². The van der Waals surface area contributed by atoms with E-state index in [2.05, 4.69) is 10.5 Å². The standard InChI is InChI=1S/C13H10ClN3O3S/c14-12-4-3-10(17(19)20)6-9(12)8-15-16-13(18)7-11-2-1-5-21-11/h1-6,8H,7H2,(H,16,18). The molecule has 1 aromatic heterocycles. The van der Waals surface area contributed by atoms with Gasteiger partial charge in [-0.1, -0.05) is 17.7 Å². The number of hydrazone groups is 1. The lowest BCUT2D eigenvalue weighted by atomic mass is 10.2. The first kappa shape index (κ1) is 15.1. The number of thiophene rings is 1. The first-order valence-electron chi connectivity index (χ1n) is 5.84.